The monoisotopic (exact) mass is 214 g/mol. The molecule has 0 aliphatic heterocycles. The van der Waals surface area contributed by atoms with Crippen LogP contribution in [0.25, 0.3) is 5.82 Å². The van der Waals surface area contributed by atoms with Gasteiger partial charge in [-0.3, -0.25) is 10.1 Å². The van der Waals surface area contributed by atoms with E-state index < -0.39 is 5.91 Å². The summed E-state index contributed by atoms with van der Waals surface area (Å²) < 4.78 is 1.46. The standard InChI is InChI=1S/C9H6N6O/c10-4-13-9(16)7-1-2-8(12-3-7)15-6-11-5-14-15/h1-3,5-6H,(H,13,16). The number of nitriles is 1. The van der Waals surface area contributed by atoms with Gasteiger partial charge in [-0.25, -0.2) is 14.6 Å². The molecule has 7 nitrogen and oxygen atoms in total. The Kier molecular flexibility index (Phi) is 2.56. The Hall–Kier alpha value is -2.75. The van der Waals surface area contributed by atoms with E-state index in [1.807, 2.05) is 5.32 Å². The molecule has 2 aromatic heterocycles. The lowest BCUT2D eigenvalue weighted by molar-refractivity contribution is 0.0972. The summed E-state index contributed by atoms with van der Waals surface area (Å²) in [6, 6.07) is 3.16. The summed E-state index contributed by atoms with van der Waals surface area (Å²) in [6.45, 7) is 0. The molecule has 0 radical (unpaired) electrons. The first-order valence-electron chi connectivity index (χ1n) is 4.32. The van der Waals surface area contributed by atoms with Gasteiger partial charge in [0, 0.05) is 6.20 Å². The summed E-state index contributed by atoms with van der Waals surface area (Å²) in [4.78, 5) is 19.0. The van der Waals surface area contributed by atoms with Crippen molar-refractivity contribution in [1.82, 2.24) is 25.1 Å². The second-order valence-electron chi connectivity index (χ2n) is 2.81. The fourth-order valence-corrected chi connectivity index (χ4v) is 1.11. The van der Waals surface area contributed by atoms with Crippen molar-refractivity contribution in [3.63, 3.8) is 0 Å². The zero-order valence-electron chi connectivity index (χ0n) is 8.03. The smallest absolute Gasteiger partial charge is 0.265 e. The predicted molar refractivity (Wildman–Crippen MR) is 52.2 cm³/mol. The highest BCUT2D eigenvalue weighted by Crippen LogP contribution is 2.03. The molecule has 78 valence electrons. The topological polar surface area (TPSA) is 96.5 Å². The molecule has 0 atom stereocenters. The molecule has 2 rings (SSSR count). The van der Waals surface area contributed by atoms with E-state index in [4.69, 9.17) is 5.26 Å². The zero-order chi connectivity index (χ0) is 11.4. The lowest BCUT2D eigenvalue weighted by Crippen LogP contribution is -2.17. The van der Waals surface area contributed by atoms with Crippen molar-refractivity contribution in [2.24, 2.45) is 0 Å². The number of carbonyl (C=O) groups excluding carboxylic acids is 1. The predicted octanol–water partition coefficient (Wildman–Crippen LogP) is -0.127. The molecule has 2 heterocycles. The molecule has 1 amide bonds. The number of hydrogen-bond acceptors (Lipinski definition) is 5. The zero-order valence-corrected chi connectivity index (χ0v) is 8.03. The van der Waals surface area contributed by atoms with Crippen LogP contribution < -0.4 is 5.32 Å². The molecule has 2 aromatic rings. The first-order chi connectivity index (χ1) is 7.81. The molecule has 16 heavy (non-hydrogen) atoms. The van der Waals surface area contributed by atoms with Gasteiger partial charge in [0.1, 0.15) is 12.7 Å². The fraction of sp³-hybridized carbons (Fsp3) is 0. The fourth-order valence-electron chi connectivity index (χ4n) is 1.11. The Balaban J connectivity index is 2.24. The van der Waals surface area contributed by atoms with Gasteiger partial charge in [0.05, 0.1) is 5.56 Å². The Morgan fingerprint density at radius 1 is 1.50 bits per heavy atom. The summed E-state index contributed by atoms with van der Waals surface area (Å²) in [5, 5.41) is 14.2. The lowest BCUT2D eigenvalue weighted by atomic mass is 10.2. The van der Waals surface area contributed by atoms with Gasteiger partial charge in [0.2, 0.25) is 0 Å². The van der Waals surface area contributed by atoms with Crippen molar-refractivity contribution < 1.29 is 4.79 Å². The Morgan fingerprint density at radius 3 is 2.94 bits per heavy atom. The van der Waals surface area contributed by atoms with Gasteiger partial charge in [-0.05, 0) is 12.1 Å². The van der Waals surface area contributed by atoms with E-state index in [1.54, 1.807) is 18.3 Å². The van der Waals surface area contributed by atoms with Crippen LogP contribution in [0.4, 0.5) is 0 Å². The van der Waals surface area contributed by atoms with E-state index in [1.165, 1.54) is 23.5 Å². The molecule has 0 fully saturated rings. The highest BCUT2D eigenvalue weighted by Gasteiger charge is 2.05. The van der Waals surface area contributed by atoms with E-state index in [0.717, 1.165) is 0 Å². The van der Waals surface area contributed by atoms with E-state index >= 15 is 0 Å². The first kappa shape index (κ1) is 9.79. The number of nitrogens with zero attached hydrogens (tertiary/aromatic N) is 5. The third kappa shape index (κ3) is 1.85. The van der Waals surface area contributed by atoms with Gasteiger partial charge in [-0.1, -0.05) is 0 Å². The minimum atomic E-state index is -0.486. The molecule has 7 heteroatoms. The molecule has 0 aromatic carbocycles. The van der Waals surface area contributed by atoms with Gasteiger partial charge in [0.15, 0.2) is 12.0 Å². The number of rotatable bonds is 2. The number of nitrogens with one attached hydrogen (secondary N) is 1. The summed E-state index contributed by atoms with van der Waals surface area (Å²) in [5.41, 5.74) is 0.311. The third-order valence-corrected chi connectivity index (χ3v) is 1.83. The molecule has 0 unspecified atom stereocenters. The summed E-state index contributed by atoms with van der Waals surface area (Å²) in [5.74, 6) is 0.0612. The van der Waals surface area contributed by atoms with Crippen molar-refractivity contribution in [2.75, 3.05) is 0 Å². The van der Waals surface area contributed by atoms with Gasteiger partial charge < -0.3 is 0 Å². The maximum absolute atomic E-state index is 11.2. The maximum atomic E-state index is 11.2. The van der Waals surface area contributed by atoms with Crippen LogP contribution in [0, 0.1) is 11.5 Å². The average Bonchev–Trinajstić information content (AvgIpc) is 2.83. The minimum Gasteiger partial charge on any atom is -0.268 e. The first-order valence-corrected chi connectivity index (χ1v) is 4.32. The normalized spacial score (nSPS) is 9.44. The van der Waals surface area contributed by atoms with Gasteiger partial charge >= 0.3 is 0 Å². The van der Waals surface area contributed by atoms with Crippen molar-refractivity contribution in [2.45, 2.75) is 0 Å². The quantitative estimate of drug-likeness (QED) is 0.555. The molecule has 0 saturated heterocycles. The summed E-state index contributed by atoms with van der Waals surface area (Å²) in [6.07, 6.45) is 5.80. The number of carbonyl (C=O) groups is 1. The Labute approximate surface area is 90.4 Å². The lowest BCUT2D eigenvalue weighted by Gasteiger charge is -2.00. The number of aromatic nitrogens is 4. The number of hydrogen-bond donors (Lipinski definition) is 1. The molecule has 0 aliphatic carbocycles. The molecule has 0 saturated carbocycles. The molecule has 1 N–H and O–H groups in total. The average molecular weight is 214 g/mol. The Bertz CT molecular complexity index is 524. The number of amides is 1. The van der Waals surface area contributed by atoms with Crippen LogP contribution in [-0.4, -0.2) is 25.7 Å². The molecular formula is C9H6N6O. The second kappa shape index (κ2) is 4.18. The third-order valence-electron chi connectivity index (χ3n) is 1.83. The summed E-state index contributed by atoms with van der Waals surface area (Å²) >= 11 is 0. The van der Waals surface area contributed by atoms with Crippen LogP contribution >= 0.6 is 0 Å². The van der Waals surface area contributed by atoms with Crippen molar-refractivity contribution in [1.29, 1.82) is 5.26 Å². The van der Waals surface area contributed by atoms with Crippen molar-refractivity contribution in [3.8, 4) is 12.0 Å². The largest absolute Gasteiger partial charge is 0.268 e. The highest BCUT2D eigenvalue weighted by molar-refractivity contribution is 5.94. The number of pyridine rings is 1. The Morgan fingerprint density at radius 2 is 2.38 bits per heavy atom. The van der Waals surface area contributed by atoms with Crippen LogP contribution in [0.5, 0.6) is 0 Å². The van der Waals surface area contributed by atoms with Crippen LogP contribution in [-0.2, 0) is 0 Å². The minimum absolute atomic E-state index is 0.311. The maximum Gasteiger partial charge on any atom is 0.265 e. The van der Waals surface area contributed by atoms with E-state index in [2.05, 4.69) is 15.1 Å². The molecule has 0 bridgehead atoms. The van der Waals surface area contributed by atoms with Gasteiger partial charge in [-0.2, -0.15) is 10.4 Å². The molecule has 0 spiro atoms. The SMILES string of the molecule is N#CNC(=O)c1ccc(-n2cncn2)nc1. The van der Waals surface area contributed by atoms with Crippen LogP contribution in [0.3, 0.4) is 0 Å². The summed E-state index contributed by atoms with van der Waals surface area (Å²) in [7, 11) is 0. The van der Waals surface area contributed by atoms with Crippen LogP contribution in [0.1, 0.15) is 10.4 Å². The van der Waals surface area contributed by atoms with Crippen LogP contribution in [0.2, 0.25) is 0 Å². The van der Waals surface area contributed by atoms with Crippen molar-refractivity contribution >= 4 is 5.91 Å². The van der Waals surface area contributed by atoms with Crippen LogP contribution in [0.15, 0.2) is 31.0 Å². The van der Waals surface area contributed by atoms with Gasteiger partial charge in [-0.15, -0.1) is 0 Å². The van der Waals surface area contributed by atoms with E-state index in [0.29, 0.717) is 11.4 Å². The second-order valence-corrected chi connectivity index (χ2v) is 2.81. The molecular weight excluding hydrogens is 208 g/mol. The van der Waals surface area contributed by atoms with E-state index in [9.17, 15) is 4.79 Å². The van der Waals surface area contributed by atoms with Crippen molar-refractivity contribution in [3.05, 3.63) is 36.5 Å². The van der Waals surface area contributed by atoms with E-state index in [-0.39, 0.29) is 0 Å². The molecule has 0 aliphatic rings. The highest BCUT2D eigenvalue weighted by atomic mass is 16.1. The van der Waals surface area contributed by atoms with Gasteiger partial charge in [0.25, 0.3) is 5.91 Å².